The minimum atomic E-state index is -4.19. The Morgan fingerprint density at radius 3 is 2.13 bits per heavy atom. The molecular weight excluding hydrogens is 216 g/mol. The van der Waals surface area contributed by atoms with Gasteiger partial charge in [0.25, 0.3) is 10.1 Å². The fourth-order valence-electron chi connectivity index (χ4n) is 1.86. The van der Waals surface area contributed by atoms with E-state index < -0.39 is 10.1 Å². The molecule has 1 rings (SSSR count). The van der Waals surface area contributed by atoms with Crippen molar-refractivity contribution in [3.8, 4) is 5.75 Å². The van der Waals surface area contributed by atoms with Crippen LogP contribution in [0.1, 0.15) is 16.7 Å². The van der Waals surface area contributed by atoms with Crippen molar-refractivity contribution in [2.75, 3.05) is 7.11 Å². The van der Waals surface area contributed by atoms with E-state index in [4.69, 9.17) is 9.29 Å². The summed E-state index contributed by atoms with van der Waals surface area (Å²) in [6.07, 6.45) is 0. The van der Waals surface area contributed by atoms with Crippen LogP contribution >= 0.6 is 0 Å². The van der Waals surface area contributed by atoms with Gasteiger partial charge in [0.15, 0.2) is 0 Å². The Balaban J connectivity index is 3.68. The molecule has 1 N–H and O–H groups in total. The summed E-state index contributed by atoms with van der Waals surface area (Å²) < 4.78 is 36.5. The van der Waals surface area contributed by atoms with Crippen LogP contribution in [0.2, 0.25) is 0 Å². The van der Waals surface area contributed by atoms with Gasteiger partial charge in [0.1, 0.15) is 10.6 Å². The lowest BCUT2D eigenvalue weighted by Crippen LogP contribution is -2.06. The van der Waals surface area contributed by atoms with Crippen LogP contribution in [0.25, 0.3) is 0 Å². The summed E-state index contributed by atoms with van der Waals surface area (Å²) in [5.41, 5.74) is 1.81. The van der Waals surface area contributed by atoms with Crippen molar-refractivity contribution >= 4 is 10.1 Å². The molecule has 0 amide bonds. The average Bonchev–Trinajstić information content (AvgIpc) is 2.00. The van der Waals surface area contributed by atoms with Crippen molar-refractivity contribution in [3.05, 3.63) is 22.8 Å². The van der Waals surface area contributed by atoms with Crippen molar-refractivity contribution in [1.29, 1.82) is 0 Å². The molecule has 1 aromatic rings. The van der Waals surface area contributed by atoms with Gasteiger partial charge >= 0.3 is 0 Å². The molecule has 0 spiro atoms. The molecule has 0 aliphatic carbocycles. The largest absolute Gasteiger partial charge is 0.496 e. The number of benzene rings is 1. The van der Waals surface area contributed by atoms with Gasteiger partial charge in [-0.05, 0) is 31.9 Å². The second-order valence-corrected chi connectivity index (χ2v) is 4.83. The highest BCUT2D eigenvalue weighted by atomic mass is 32.2. The SMILES string of the molecule is COc1c(C)cc(C)c(S(=O)(=O)O)c1C. The molecule has 4 nitrogen and oxygen atoms in total. The van der Waals surface area contributed by atoms with Gasteiger partial charge in [-0.25, -0.2) is 0 Å². The standard InChI is InChI=1S/C10H14O4S/c1-6-5-7(2)10(15(11,12)13)8(3)9(6)14-4/h5H,1-4H3,(H,11,12,13). The third kappa shape index (κ3) is 2.13. The molecule has 0 aliphatic heterocycles. The van der Waals surface area contributed by atoms with Crippen LogP contribution in [0.3, 0.4) is 0 Å². The Labute approximate surface area is 89.6 Å². The molecule has 0 unspecified atom stereocenters. The topological polar surface area (TPSA) is 63.6 Å². The van der Waals surface area contributed by atoms with E-state index in [0.717, 1.165) is 5.56 Å². The van der Waals surface area contributed by atoms with Crippen LogP contribution in [-0.4, -0.2) is 20.1 Å². The van der Waals surface area contributed by atoms with Crippen LogP contribution < -0.4 is 4.74 Å². The lowest BCUT2D eigenvalue weighted by atomic mass is 10.1. The first-order chi connectivity index (χ1) is 6.79. The van der Waals surface area contributed by atoms with E-state index >= 15 is 0 Å². The Hall–Kier alpha value is -1.07. The number of rotatable bonds is 2. The predicted molar refractivity (Wildman–Crippen MR) is 57.0 cm³/mol. The van der Waals surface area contributed by atoms with Crippen LogP contribution in [0.15, 0.2) is 11.0 Å². The maximum atomic E-state index is 11.2. The van der Waals surface area contributed by atoms with Crippen molar-refractivity contribution < 1.29 is 17.7 Å². The first-order valence-electron chi connectivity index (χ1n) is 4.41. The van der Waals surface area contributed by atoms with E-state index in [0.29, 0.717) is 16.9 Å². The predicted octanol–water partition coefficient (Wildman–Crippen LogP) is 1.87. The van der Waals surface area contributed by atoms with Crippen molar-refractivity contribution in [1.82, 2.24) is 0 Å². The quantitative estimate of drug-likeness (QED) is 0.788. The summed E-state index contributed by atoms with van der Waals surface area (Å²) in [6.45, 7) is 5.08. The molecule has 0 atom stereocenters. The van der Waals surface area contributed by atoms with Gasteiger partial charge < -0.3 is 4.74 Å². The second kappa shape index (κ2) is 3.83. The van der Waals surface area contributed by atoms with Crippen LogP contribution in [0.4, 0.5) is 0 Å². The molecule has 0 saturated carbocycles. The minimum absolute atomic E-state index is 0.0649. The molecule has 1 aromatic carbocycles. The molecule has 0 aromatic heterocycles. The highest BCUT2D eigenvalue weighted by molar-refractivity contribution is 7.86. The number of hydrogen-bond donors (Lipinski definition) is 1. The number of aryl methyl sites for hydroxylation is 2. The van der Waals surface area contributed by atoms with E-state index in [2.05, 4.69) is 0 Å². The summed E-state index contributed by atoms with van der Waals surface area (Å²) >= 11 is 0. The van der Waals surface area contributed by atoms with Gasteiger partial charge in [-0.15, -0.1) is 0 Å². The van der Waals surface area contributed by atoms with Crippen molar-refractivity contribution in [2.24, 2.45) is 0 Å². The Kier molecular flexibility index (Phi) is 3.06. The summed E-state index contributed by atoms with van der Waals surface area (Å²) in [5.74, 6) is 0.494. The van der Waals surface area contributed by atoms with E-state index in [1.165, 1.54) is 7.11 Å². The van der Waals surface area contributed by atoms with Gasteiger partial charge in [0, 0.05) is 5.56 Å². The van der Waals surface area contributed by atoms with Gasteiger partial charge in [-0.2, -0.15) is 8.42 Å². The second-order valence-electron chi connectivity index (χ2n) is 3.47. The Bertz CT molecular complexity index is 489. The lowest BCUT2D eigenvalue weighted by molar-refractivity contribution is 0.405. The molecule has 5 heteroatoms. The maximum absolute atomic E-state index is 11.2. The number of hydrogen-bond acceptors (Lipinski definition) is 3. The Morgan fingerprint density at radius 1 is 1.20 bits per heavy atom. The molecule has 84 valence electrons. The van der Waals surface area contributed by atoms with Crippen molar-refractivity contribution in [3.63, 3.8) is 0 Å². The minimum Gasteiger partial charge on any atom is -0.496 e. The van der Waals surface area contributed by atoms with Gasteiger partial charge in [0.2, 0.25) is 0 Å². The monoisotopic (exact) mass is 230 g/mol. The fourth-order valence-corrected chi connectivity index (χ4v) is 2.81. The van der Waals surface area contributed by atoms with E-state index in [-0.39, 0.29) is 4.90 Å². The highest BCUT2D eigenvalue weighted by Gasteiger charge is 2.20. The molecule has 0 bridgehead atoms. The zero-order valence-corrected chi connectivity index (χ0v) is 9.97. The first kappa shape index (κ1) is 12.0. The molecule has 0 heterocycles. The van der Waals surface area contributed by atoms with E-state index in [1.54, 1.807) is 19.9 Å². The summed E-state index contributed by atoms with van der Waals surface area (Å²) in [7, 11) is -2.72. The third-order valence-electron chi connectivity index (χ3n) is 2.29. The smallest absolute Gasteiger partial charge is 0.295 e. The lowest BCUT2D eigenvalue weighted by Gasteiger charge is -2.13. The molecule has 0 saturated heterocycles. The molecule has 15 heavy (non-hydrogen) atoms. The van der Waals surface area contributed by atoms with Crippen LogP contribution in [0, 0.1) is 20.8 Å². The summed E-state index contributed by atoms with van der Waals surface area (Å²) in [5, 5.41) is 0. The van der Waals surface area contributed by atoms with Gasteiger partial charge in [0.05, 0.1) is 7.11 Å². The zero-order chi connectivity index (χ0) is 11.8. The van der Waals surface area contributed by atoms with Crippen molar-refractivity contribution in [2.45, 2.75) is 25.7 Å². The van der Waals surface area contributed by atoms with E-state index in [9.17, 15) is 8.42 Å². The normalized spacial score (nSPS) is 11.5. The summed E-state index contributed by atoms with van der Waals surface area (Å²) in [4.78, 5) is -0.0649. The van der Waals surface area contributed by atoms with Gasteiger partial charge in [-0.3, -0.25) is 4.55 Å². The third-order valence-corrected chi connectivity index (χ3v) is 3.44. The van der Waals surface area contributed by atoms with Gasteiger partial charge in [-0.1, -0.05) is 6.07 Å². The molecule has 0 fully saturated rings. The summed E-state index contributed by atoms with van der Waals surface area (Å²) in [6, 6.07) is 1.68. The van der Waals surface area contributed by atoms with Crippen LogP contribution in [0.5, 0.6) is 5.75 Å². The number of ether oxygens (including phenoxy) is 1. The zero-order valence-electron chi connectivity index (χ0n) is 9.16. The maximum Gasteiger partial charge on any atom is 0.295 e. The first-order valence-corrected chi connectivity index (χ1v) is 5.85. The molecule has 0 radical (unpaired) electrons. The van der Waals surface area contributed by atoms with E-state index in [1.807, 2.05) is 6.92 Å². The molecule has 0 aliphatic rings. The highest BCUT2D eigenvalue weighted by Crippen LogP contribution is 2.31. The Morgan fingerprint density at radius 2 is 1.73 bits per heavy atom. The average molecular weight is 230 g/mol. The number of methoxy groups -OCH3 is 1. The fraction of sp³-hybridized carbons (Fsp3) is 0.400. The van der Waals surface area contributed by atoms with Crippen LogP contribution in [-0.2, 0) is 10.1 Å². The molecular formula is C10H14O4S.